The van der Waals surface area contributed by atoms with Crippen LogP contribution in [-0.4, -0.2) is 10.9 Å². The van der Waals surface area contributed by atoms with Crippen LogP contribution in [-0.2, 0) is 4.79 Å². The second kappa shape index (κ2) is 4.49. The van der Waals surface area contributed by atoms with Gasteiger partial charge in [0.15, 0.2) is 0 Å². The van der Waals surface area contributed by atoms with Crippen molar-refractivity contribution in [1.82, 2.24) is 4.98 Å². The first-order valence-electron chi connectivity index (χ1n) is 5.05. The van der Waals surface area contributed by atoms with Gasteiger partial charge in [-0.1, -0.05) is 18.5 Å². The van der Waals surface area contributed by atoms with Crippen LogP contribution in [0.2, 0.25) is 5.02 Å². The van der Waals surface area contributed by atoms with Gasteiger partial charge in [0.05, 0.1) is 11.2 Å². The molecule has 1 aromatic heterocycles. The SMILES string of the molecule is CCC(=O)Nc1ccnc2ccc(Cl)cc12. The zero-order valence-electron chi connectivity index (χ0n) is 8.83. The highest BCUT2D eigenvalue weighted by atomic mass is 35.5. The number of carbonyl (C=O) groups is 1. The Kier molecular flexibility index (Phi) is 3.06. The zero-order valence-corrected chi connectivity index (χ0v) is 9.58. The molecule has 16 heavy (non-hydrogen) atoms. The molecule has 1 heterocycles. The first-order chi connectivity index (χ1) is 7.70. The molecule has 0 saturated carbocycles. The van der Waals surface area contributed by atoms with Crippen LogP contribution >= 0.6 is 11.6 Å². The van der Waals surface area contributed by atoms with E-state index in [1.165, 1.54) is 0 Å². The fraction of sp³-hybridized carbons (Fsp3) is 0.167. The highest BCUT2D eigenvalue weighted by Gasteiger charge is 2.05. The summed E-state index contributed by atoms with van der Waals surface area (Å²) in [6.07, 6.45) is 2.12. The summed E-state index contributed by atoms with van der Waals surface area (Å²) in [4.78, 5) is 15.6. The van der Waals surface area contributed by atoms with Crippen molar-refractivity contribution >= 4 is 34.1 Å². The van der Waals surface area contributed by atoms with Crippen molar-refractivity contribution in [3.05, 3.63) is 35.5 Å². The Morgan fingerprint density at radius 3 is 3.00 bits per heavy atom. The molecule has 2 rings (SSSR count). The van der Waals surface area contributed by atoms with E-state index >= 15 is 0 Å². The molecule has 3 nitrogen and oxygen atoms in total. The van der Waals surface area contributed by atoms with E-state index in [4.69, 9.17) is 11.6 Å². The van der Waals surface area contributed by atoms with Crippen LogP contribution in [0.15, 0.2) is 30.5 Å². The Balaban J connectivity index is 2.52. The quantitative estimate of drug-likeness (QED) is 0.867. The lowest BCUT2D eigenvalue weighted by molar-refractivity contribution is -0.115. The molecule has 0 atom stereocenters. The minimum Gasteiger partial charge on any atom is -0.325 e. The van der Waals surface area contributed by atoms with Crippen molar-refractivity contribution in [3.8, 4) is 0 Å². The molecule has 0 saturated heterocycles. The molecule has 82 valence electrons. The van der Waals surface area contributed by atoms with E-state index in [0.717, 1.165) is 16.6 Å². The van der Waals surface area contributed by atoms with E-state index in [-0.39, 0.29) is 5.91 Å². The van der Waals surface area contributed by atoms with Crippen LogP contribution in [0.1, 0.15) is 13.3 Å². The number of nitrogens with one attached hydrogen (secondary N) is 1. The summed E-state index contributed by atoms with van der Waals surface area (Å²) < 4.78 is 0. The number of aromatic nitrogens is 1. The normalized spacial score (nSPS) is 10.4. The van der Waals surface area contributed by atoms with Crippen LogP contribution in [0, 0.1) is 0 Å². The molecule has 0 radical (unpaired) electrons. The third-order valence-electron chi connectivity index (χ3n) is 2.30. The number of halogens is 1. The van der Waals surface area contributed by atoms with E-state index in [0.29, 0.717) is 11.4 Å². The summed E-state index contributed by atoms with van der Waals surface area (Å²) in [5.41, 5.74) is 1.57. The van der Waals surface area contributed by atoms with Crippen molar-refractivity contribution in [2.45, 2.75) is 13.3 Å². The van der Waals surface area contributed by atoms with Crippen molar-refractivity contribution in [1.29, 1.82) is 0 Å². The number of fused-ring (bicyclic) bond motifs is 1. The fourth-order valence-corrected chi connectivity index (χ4v) is 1.64. The minimum absolute atomic E-state index is 0.0209. The highest BCUT2D eigenvalue weighted by Crippen LogP contribution is 2.24. The molecule has 1 amide bonds. The maximum Gasteiger partial charge on any atom is 0.224 e. The number of carbonyl (C=O) groups excluding carboxylic acids is 1. The van der Waals surface area contributed by atoms with E-state index in [9.17, 15) is 4.79 Å². The summed E-state index contributed by atoms with van der Waals surface area (Å²) in [5, 5.41) is 4.31. The molecular weight excluding hydrogens is 224 g/mol. The van der Waals surface area contributed by atoms with Crippen LogP contribution in [0.3, 0.4) is 0 Å². The third kappa shape index (κ3) is 2.14. The van der Waals surface area contributed by atoms with Crippen molar-refractivity contribution in [2.24, 2.45) is 0 Å². The predicted octanol–water partition coefficient (Wildman–Crippen LogP) is 3.24. The van der Waals surface area contributed by atoms with Gasteiger partial charge in [0, 0.05) is 23.0 Å². The lowest BCUT2D eigenvalue weighted by Crippen LogP contribution is -2.09. The average molecular weight is 235 g/mol. The van der Waals surface area contributed by atoms with Crippen molar-refractivity contribution in [2.75, 3.05) is 5.32 Å². The summed E-state index contributed by atoms with van der Waals surface area (Å²) in [5.74, 6) is -0.0209. The molecule has 0 spiro atoms. The van der Waals surface area contributed by atoms with Crippen LogP contribution in [0.4, 0.5) is 5.69 Å². The second-order valence-electron chi connectivity index (χ2n) is 3.42. The van der Waals surface area contributed by atoms with E-state index in [1.807, 2.05) is 13.0 Å². The fourth-order valence-electron chi connectivity index (χ4n) is 1.47. The number of hydrogen-bond donors (Lipinski definition) is 1. The van der Waals surface area contributed by atoms with Gasteiger partial charge in [-0.2, -0.15) is 0 Å². The number of nitrogens with zero attached hydrogens (tertiary/aromatic N) is 1. The summed E-state index contributed by atoms with van der Waals surface area (Å²) >= 11 is 5.92. The van der Waals surface area contributed by atoms with Gasteiger partial charge in [0.2, 0.25) is 5.91 Å². The molecular formula is C12H11ClN2O. The smallest absolute Gasteiger partial charge is 0.224 e. The first kappa shape index (κ1) is 10.9. The number of hydrogen-bond acceptors (Lipinski definition) is 2. The molecule has 4 heteroatoms. The first-order valence-corrected chi connectivity index (χ1v) is 5.42. The Labute approximate surface area is 98.4 Å². The lowest BCUT2D eigenvalue weighted by atomic mass is 10.2. The molecule has 0 bridgehead atoms. The molecule has 0 unspecified atom stereocenters. The number of benzene rings is 1. The van der Waals surface area contributed by atoms with Crippen LogP contribution < -0.4 is 5.32 Å². The molecule has 0 aliphatic rings. The third-order valence-corrected chi connectivity index (χ3v) is 2.53. The Morgan fingerprint density at radius 2 is 2.25 bits per heavy atom. The van der Waals surface area contributed by atoms with Gasteiger partial charge in [-0.25, -0.2) is 0 Å². The molecule has 0 fully saturated rings. The van der Waals surface area contributed by atoms with Gasteiger partial charge in [-0.3, -0.25) is 9.78 Å². The van der Waals surface area contributed by atoms with Gasteiger partial charge in [0.1, 0.15) is 0 Å². The van der Waals surface area contributed by atoms with Crippen LogP contribution in [0.25, 0.3) is 10.9 Å². The summed E-state index contributed by atoms with van der Waals surface area (Å²) in [6.45, 7) is 1.81. The number of pyridine rings is 1. The van der Waals surface area contributed by atoms with Crippen molar-refractivity contribution in [3.63, 3.8) is 0 Å². The summed E-state index contributed by atoms with van der Waals surface area (Å²) in [7, 11) is 0. The predicted molar refractivity (Wildman–Crippen MR) is 65.7 cm³/mol. The molecule has 0 aliphatic heterocycles. The lowest BCUT2D eigenvalue weighted by Gasteiger charge is -2.07. The number of amides is 1. The maximum atomic E-state index is 11.3. The topological polar surface area (TPSA) is 42.0 Å². The molecule has 2 aromatic rings. The number of rotatable bonds is 2. The van der Waals surface area contributed by atoms with Gasteiger partial charge in [-0.05, 0) is 24.3 Å². The van der Waals surface area contributed by atoms with Crippen molar-refractivity contribution < 1.29 is 4.79 Å². The van der Waals surface area contributed by atoms with Gasteiger partial charge < -0.3 is 5.32 Å². The van der Waals surface area contributed by atoms with Gasteiger partial charge >= 0.3 is 0 Å². The van der Waals surface area contributed by atoms with Crippen LogP contribution in [0.5, 0.6) is 0 Å². The molecule has 1 aromatic carbocycles. The highest BCUT2D eigenvalue weighted by molar-refractivity contribution is 6.31. The Morgan fingerprint density at radius 1 is 1.44 bits per heavy atom. The average Bonchev–Trinajstić information content (AvgIpc) is 2.29. The van der Waals surface area contributed by atoms with E-state index in [2.05, 4.69) is 10.3 Å². The monoisotopic (exact) mass is 234 g/mol. The molecule has 0 aliphatic carbocycles. The molecule has 1 N–H and O–H groups in total. The summed E-state index contributed by atoms with van der Waals surface area (Å²) in [6, 6.07) is 7.18. The maximum absolute atomic E-state index is 11.3. The Hall–Kier alpha value is -1.61. The second-order valence-corrected chi connectivity index (χ2v) is 3.86. The largest absolute Gasteiger partial charge is 0.325 e. The van der Waals surface area contributed by atoms with E-state index in [1.54, 1.807) is 24.4 Å². The van der Waals surface area contributed by atoms with E-state index < -0.39 is 0 Å². The Bertz CT molecular complexity index is 540. The van der Waals surface area contributed by atoms with Gasteiger partial charge in [0.25, 0.3) is 0 Å². The standard InChI is InChI=1S/C12H11ClN2O/c1-2-12(16)15-11-5-6-14-10-4-3-8(13)7-9(10)11/h3-7H,2H2,1H3,(H,14,15,16). The number of anilines is 1. The minimum atomic E-state index is -0.0209. The van der Waals surface area contributed by atoms with Gasteiger partial charge in [-0.15, -0.1) is 0 Å². The zero-order chi connectivity index (χ0) is 11.5.